The largest absolute Gasteiger partial charge is 0.324 e. The summed E-state index contributed by atoms with van der Waals surface area (Å²) in [5.41, 5.74) is 1.56. The number of carbonyl (C=O) groups is 1. The molecule has 5 nitrogen and oxygen atoms in total. The van der Waals surface area contributed by atoms with E-state index in [1.54, 1.807) is 6.20 Å². The van der Waals surface area contributed by atoms with Crippen LogP contribution < -0.4 is 5.32 Å². The molecule has 3 heterocycles. The summed E-state index contributed by atoms with van der Waals surface area (Å²) < 4.78 is 2.01. The minimum absolute atomic E-state index is 0.120. The van der Waals surface area contributed by atoms with Gasteiger partial charge in [-0.3, -0.25) is 10.1 Å². The molecule has 0 unspecified atom stereocenters. The van der Waals surface area contributed by atoms with Gasteiger partial charge in [0, 0.05) is 18.3 Å². The van der Waals surface area contributed by atoms with E-state index in [9.17, 15) is 4.79 Å². The summed E-state index contributed by atoms with van der Waals surface area (Å²) in [5, 5.41) is 5.38. The van der Waals surface area contributed by atoms with E-state index in [0.29, 0.717) is 10.8 Å². The number of thiazole rings is 1. The lowest BCUT2D eigenvalue weighted by Crippen LogP contribution is -2.20. The van der Waals surface area contributed by atoms with Crippen LogP contribution in [0.5, 0.6) is 0 Å². The van der Waals surface area contributed by atoms with E-state index < -0.39 is 0 Å². The first kappa shape index (κ1) is 11.4. The van der Waals surface area contributed by atoms with Crippen molar-refractivity contribution in [3.63, 3.8) is 0 Å². The van der Waals surface area contributed by atoms with Crippen molar-refractivity contribution >= 4 is 22.4 Å². The maximum absolute atomic E-state index is 12.2. The van der Waals surface area contributed by atoms with Gasteiger partial charge in [0.15, 0.2) is 5.13 Å². The number of nitrogens with one attached hydrogen (secondary N) is 1. The van der Waals surface area contributed by atoms with Gasteiger partial charge >= 0.3 is 0 Å². The molecule has 1 N–H and O–H groups in total. The smallest absolute Gasteiger partial charge is 0.275 e. The number of hydrogen-bond acceptors (Lipinski definition) is 4. The van der Waals surface area contributed by atoms with Gasteiger partial charge in [0.2, 0.25) is 0 Å². The minimum Gasteiger partial charge on any atom is -0.324 e. The molecule has 1 amide bonds. The fourth-order valence-corrected chi connectivity index (χ4v) is 2.85. The second-order valence-electron chi connectivity index (χ2n) is 4.42. The molecule has 0 saturated heterocycles. The van der Waals surface area contributed by atoms with E-state index in [4.69, 9.17) is 0 Å². The Morgan fingerprint density at radius 2 is 2.39 bits per heavy atom. The molecule has 0 atom stereocenters. The zero-order valence-corrected chi connectivity index (χ0v) is 11.0. The fraction of sp³-hybridized carbons (Fsp3) is 0.417. The zero-order valence-electron chi connectivity index (χ0n) is 10.1. The third kappa shape index (κ3) is 2.03. The molecular formula is C12H14N4OS. The monoisotopic (exact) mass is 262 g/mol. The molecule has 2 aromatic rings. The lowest BCUT2D eigenvalue weighted by molar-refractivity contribution is 0.101. The van der Waals surface area contributed by atoms with E-state index in [1.165, 1.54) is 11.3 Å². The van der Waals surface area contributed by atoms with Crippen molar-refractivity contribution in [2.75, 3.05) is 5.32 Å². The van der Waals surface area contributed by atoms with Crippen molar-refractivity contribution in [2.24, 2.45) is 0 Å². The molecule has 0 aromatic carbocycles. The van der Waals surface area contributed by atoms with Crippen LogP contribution in [0.4, 0.5) is 5.13 Å². The molecule has 0 bridgehead atoms. The molecule has 0 aliphatic carbocycles. The van der Waals surface area contributed by atoms with Crippen LogP contribution in [0.15, 0.2) is 11.6 Å². The second-order valence-corrected chi connectivity index (χ2v) is 5.27. The second kappa shape index (κ2) is 4.53. The number of carbonyl (C=O) groups excluding carboxylic acids is 1. The Kier molecular flexibility index (Phi) is 2.87. The van der Waals surface area contributed by atoms with Crippen LogP contribution in [0.2, 0.25) is 0 Å². The van der Waals surface area contributed by atoms with Crippen molar-refractivity contribution in [1.29, 1.82) is 0 Å². The van der Waals surface area contributed by atoms with Crippen LogP contribution in [0.1, 0.15) is 34.8 Å². The first-order chi connectivity index (χ1) is 8.74. The maximum atomic E-state index is 12.2. The van der Waals surface area contributed by atoms with Crippen molar-refractivity contribution in [2.45, 2.75) is 32.7 Å². The molecule has 6 heteroatoms. The van der Waals surface area contributed by atoms with Gasteiger partial charge in [-0.15, -0.1) is 11.3 Å². The lowest BCUT2D eigenvalue weighted by Gasteiger charge is -2.15. The number of fused-ring (bicyclic) bond motifs is 1. The quantitative estimate of drug-likeness (QED) is 0.903. The normalized spacial score (nSPS) is 14.3. The van der Waals surface area contributed by atoms with Crippen LogP contribution in [0.25, 0.3) is 0 Å². The van der Waals surface area contributed by atoms with Crippen LogP contribution in [0.3, 0.4) is 0 Å². The van der Waals surface area contributed by atoms with Crippen LogP contribution in [0, 0.1) is 6.92 Å². The van der Waals surface area contributed by atoms with E-state index in [0.717, 1.165) is 37.3 Å². The number of hydrogen-bond donors (Lipinski definition) is 1. The summed E-state index contributed by atoms with van der Waals surface area (Å²) in [4.78, 5) is 20.7. The summed E-state index contributed by atoms with van der Waals surface area (Å²) in [6.45, 7) is 2.79. The number of nitrogens with zero attached hydrogens (tertiary/aromatic N) is 3. The highest BCUT2D eigenvalue weighted by Crippen LogP contribution is 2.19. The number of rotatable bonds is 2. The molecular weight excluding hydrogens is 248 g/mol. The van der Waals surface area contributed by atoms with Crippen molar-refractivity contribution in [3.8, 4) is 0 Å². The van der Waals surface area contributed by atoms with Crippen LogP contribution in [-0.4, -0.2) is 20.4 Å². The van der Waals surface area contributed by atoms with E-state index in [2.05, 4.69) is 15.3 Å². The van der Waals surface area contributed by atoms with Gasteiger partial charge in [0.25, 0.3) is 5.91 Å². The summed E-state index contributed by atoms with van der Waals surface area (Å²) >= 11 is 1.44. The third-order valence-electron chi connectivity index (χ3n) is 3.04. The number of imidazole rings is 1. The molecule has 1 aliphatic heterocycles. The van der Waals surface area contributed by atoms with Gasteiger partial charge in [0.1, 0.15) is 11.5 Å². The molecule has 3 rings (SSSR count). The third-order valence-corrected chi connectivity index (χ3v) is 3.92. The number of anilines is 1. The Hall–Kier alpha value is -1.69. The molecule has 94 valence electrons. The van der Waals surface area contributed by atoms with Gasteiger partial charge in [-0.05, 0) is 19.8 Å². The van der Waals surface area contributed by atoms with Crippen molar-refractivity contribution in [1.82, 2.24) is 14.5 Å². The number of aryl methyl sites for hydroxylation is 2. The van der Waals surface area contributed by atoms with Gasteiger partial charge in [0.05, 0.1) is 11.9 Å². The van der Waals surface area contributed by atoms with Gasteiger partial charge in [-0.1, -0.05) is 0 Å². The van der Waals surface area contributed by atoms with Gasteiger partial charge < -0.3 is 4.57 Å². The highest BCUT2D eigenvalue weighted by molar-refractivity contribution is 7.13. The minimum atomic E-state index is -0.120. The SMILES string of the molecule is Cc1csc(NC(=O)c2cnc3n2CCCC3)n1. The first-order valence-corrected chi connectivity index (χ1v) is 6.90. The van der Waals surface area contributed by atoms with E-state index in [1.807, 2.05) is 16.9 Å². The Labute approximate surface area is 109 Å². The Morgan fingerprint density at radius 1 is 1.50 bits per heavy atom. The summed E-state index contributed by atoms with van der Waals surface area (Å²) in [6.07, 6.45) is 4.89. The molecule has 2 aromatic heterocycles. The molecule has 1 aliphatic rings. The van der Waals surface area contributed by atoms with Crippen LogP contribution in [-0.2, 0) is 13.0 Å². The highest BCUT2D eigenvalue weighted by atomic mass is 32.1. The lowest BCUT2D eigenvalue weighted by atomic mass is 10.1. The topological polar surface area (TPSA) is 59.8 Å². The van der Waals surface area contributed by atoms with E-state index in [-0.39, 0.29) is 5.91 Å². The van der Waals surface area contributed by atoms with Crippen molar-refractivity contribution < 1.29 is 4.79 Å². The number of amides is 1. The van der Waals surface area contributed by atoms with E-state index >= 15 is 0 Å². The van der Waals surface area contributed by atoms with Gasteiger partial charge in [-0.25, -0.2) is 9.97 Å². The van der Waals surface area contributed by atoms with Crippen LogP contribution >= 0.6 is 11.3 Å². The van der Waals surface area contributed by atoms with Crippen molar-refractivity contribution in [3.05, 3.63) is 28.8 Å². The molecule has 0 fully saturated rings. The fourth-order valence-electron chi connectivity index (χ4n) is 2.17. The highest BCUT2D eigenvalue weighted by Gasteiger charge is 2.19. The summed E-state index contributed by atoms with van der Waals surface area (Å²) in [6, 6.07) is 0. The number of aromatic nitrogens is 3. The predicted molar refractivity (Wildman–Crippen MR) is 70.0 cm³/mol. The zero-order chi connectivity index (χ0) is 12.5. The Bertz CT molecular complexity index is 587. The predicted octanol–water partition coefficient (Wildman–Crippen LogP) is 2.24. The molecule has 0 spiro atoms. The standard InChI is InChI=1S/C12H14N4OS/c1-8-7-18-12(14-8)15-11(17)9-6-13-10-4-2-3-5-16(9)10/h6-7H,2-5H2,1H3,(H,14,15,17). The average molecular weight is 262 g/mol. The first-order valence-electron chi connectivity index (χ1n) is 6.02. The Morgan fingerprint density at radius 3 is 3.17 bits per heavy atom. The molecule has 0 radical (unpaired) electrons. The summed E-state index contributed by atoms with van der Waals surface area (Å²) in [7, 11) is 0. The Balaban J connectivity index is 1.82. The summed E-state index contributed by atoms with van der Waals surface area (Å²) in [5.74, 6) is 0.895. The molecule has 0 saturated carbocycles. The van der Waals surface area contributed by atoms with Gasteiger partial charge in [-0.2, -0.15) is 0 Å². The maximum Gasteiger partial charge on any atom is 0.275 e. The molecule has 18 heavy (non-hydrogen) atoms. The average Bonchev–Trinajstić information content (AvgIpc) is 2.95.